The summed E-state index contributed by atoms with van der Waals surface area (Å²) >= 11 is 3.45. The molecule has 2 rings (SSSR count). The molecule has 1 aromatic rings. The molecule has 1 aromatic carbocycles. The van der Waals surface area contributed by atoms with Crippen LogP contribution in [-0.2, 0) is 4.79 Å². The number of carbonyl (C=O) groups excluding carboxylic acids is 1. The lowest BCUT2D eigenvalue weighted by molar-refractivity contribution is -0.124. The SMILES string of the molecule is Cc1ccc(Br)cc1NC(=O)C1CCCCC1(C)C. The van der Waals surface area contributed by atoms with Gasteiger partial charge in [-0.3, -0.25) is 4.79 Å². The number of rotatable bonds is 2. The van der Waals surface area contributed by atoms with Crippen molar-refractivity contribution in [1.82, 2.24) is 0 Å². The van der Waals surface area contributed by atoms with E-state index in [4.69, 9.17) is 0 Å². The van der Waals surface area contributed by atoms with E-state index in [2.05, 4.69) is 35.1 Å². The Morgan fingerprint density at radius 3 is 2.79 bits per heavy atom. The Morgan fingerprint density at radius 2 is 2.11 bits per heavy atom. The van der Waals surface area contributed by atoms with Crippen LogP contribution in [-0.4, -0.2) is 5.91 Å². The molecule has 1 unspecified atom stereocenters. The van der Waals surface area contributed by atoms with Crippen LogP contribution in [0.2, 0.25) is 0 Å². The highest BCUT2D eigenvalue weighted by molar-refractivity contribution is 9.10. The third-order valence-corrected chi connectivity index (χ3v) is 4.77. The minimum atomic E-state index is 0.113. The first kappa shape index (κ1) is 14.6. The fourth-order valence-electron chi connectivity index (χ4n) is 2.93. The maximum atomic E-state index is 12.5. The highest BCUT2D eigenvalue weighted by Crippen LogP contribution is 2.41. The van der Waals surface area contributed by atoms with Crippen LogP contribution in [0.3, 0.4) is 0 Å². The van der Waals surface area contributed by atoms with Gasteiger partial charge < -0.3 is 5.32 Å². The zero-order chi connectivity index (χ0) is 14.0. The van der Waals surface area contributed by atoms with Gasteiger partial charge in [0.05, 0.1) is 0 Å². The molecule has 3 heteroatoms. The average Bonchev–Trinajstić information content (AvgIpc) is 2.33. The van der Waals surface area contributed by atoms with Gasteiger partial charge in [0, 0.05) is 16.1 Å². The molecule has 0 aromatic heterocycles. The molecule has 1 fully saturated rings. The van der Waals surface area contributed by atoms with E-state index in [1.165, 1.54) is 12.8 Å². The summed E-state index contributed by atoms with van der Waals surface area (Å²) in [5.74, 6) is 0.297. The van der Waals surface area contributed by atoms with Crippen molar-refractivity contribution in [2.24, 2.45) is 11.3 Å². The molecule has 1 amide bonds. The fourth-order valence-corrected chi connectivity index (χ4v) is 3.29. The summed E-state index contributed by atoms with van der Waals surface area (Å²) in [6.45, 7) is 6.45. The van der Waals surface area contributed by atoms with Crippen molar-refractivity contribution in [3.63, 3.8) is 0 Å². The van der Waals surface area contributed by atoms with Crippen LogP contribution >= 0.6 is 15.9 Å². The van der Waals surface area contributed by atoms with Gasteiger partial charge in [0.1, 0.15) is 0 Å². The first-order valence-corrected chi connectivity index (χ1v) is 7.76. The van der Waals surface area contributed by atoms with Crippen molar-refractivity contribution in [1.29, 1.82) is 0 Å². The minimum absolute atomic E-state index is 0.113. The number of aryl methyl sites for hydroxylation is 1. The second-order valence-corrected chi connectivity index (χ2v) is 7.15. The Bertz CT molecular complexity index is 482. The second-order valence-electron chi connectivity index (χ2n) is 6.24. The fraction of sp³-hybridized carbons (Fsp3) is 0.562. The zero-order valence-electron chi connectivity index (χ0n) is 11.9. The van der Waals surface area contributed by atoms with Crippen molar-refractivity contribution in [3.8, 4) is 0 Å². The van der Waals surface area contributed by atoms with E-state index in [0.29, 0.717) is 0 Å². The van der Waals surface area contributed by atoms with Gasteiger partial charge in [-0.1, -0.05) is 48.7 Å². The first-order valence-electron chi connectivity index (χ1n) is 6.97. The van der Waals surface area contributed by atoms with Crippen molar-refractivity contribution in [3.05, 3.63) is 28.2 Å². The van der Waals surface area contributed by atoms with Crippen molar-refractivity contribution in [2.75, 3.05) is 5.32 Å². The lowest BCUT2D eigenvalue weighted by Crippen LogP contribution is -2.37. The topological polar surface area (TPSA) is 29.1 Å². The minimum Gasteiger partial charge on any atom is -0.326 e. The molecular weight excluding hydrogens is 302 g/mol. The summed E-state index contributed by atoms with van der Waals surface area (Å²) < 4.78 is 0.997. The van der Waals surface area contributed by atoms with E-state index in [1.54, 1.807) is 0 Å². The number of anilines is 1. The summed E-state index contributed by atoms with van der Waals surface area (Å²) in [7, 11) is 0. The summed E-state index contributed by atoms with van der Waals surface area (Å²) in [6.07, 6.45) is 4.56. The van der Waals surface area contributed by atoms with Crippen LogP contribution in [0, 0.1) is 18.3 Å². The van der Waals surface area contributed by atoms with E-state index in [9.17, 15) is 4.79 Å². The Labute approximate surface area is 124 Å². The number of amides is 1. The van der Waals surface area contributed by atoms with Crippen LogP contribution in [0.15, 0.2) is 22.7 Å². The maximum Gasteiger partial charge on any atom is 0.228 e. The standard InChI is InChI=1S/C16H22BrNO/c1-11-7-8-12(17)10-14(11)18-15(19)13-6-4-5-9-16(13,2)3/h7-8,10,13H,4-6,9H2,1-3H3,(H,18,19). The summed E-state index contributed by atoms with van der Waals surface area (Å²) in [6, 6.07) is 5.99. The molecule has 0 saturated heterocycles. The quantitative estimate of drug-likeness (QED) is 0.822. The smallest absolute Gasteiger partial charge is 0.228 e. The van der Waals surface area contributed by atoms with Crippen LogP contribution in [0.5, 0.6) is 0 Å². The first-order chi connectivity index (χ1) is 8.90. The summed E-state index contributed by atoms with van der Waals surface area (Å²) in [5.41, 5.74) is 2.13. The van der Waals surface area contributed by atoms with Gasteiger partial charge in [-0.2, -0.15) is 0 Å². The van der Waals surface area contributed by atoms with Gasteiger partial charge in [0.15, 0.2) is 0 Å². The highest BCUT2D eigenvalue weighted by Gasteiger charge is 2.37. The Hall–Kier alpha value is -0.830. The second kappa shape index (κ2) is 5.66. The monoisotopic (exact) mass is 323 g/mol. The largest absolute Gasteiger partial charge is 0.326 e. The molecule has 0 spiro atoms. The maximum absolute atomic E-state index is 12.5. The highest BCUT2D eigenvalue weighted by atomic mass is 79.9. The number of nitrogens with one attached hydrogen (secondary N) is 1. The van der Waals surface area contributed by atoms with E-state index in [1.807, 2.05) is 25.1 Å². The molecule has 0 aliphatic heterocycles. The number of hydrogen-bond acceptors (Lipinski definition) is 1. The van der Waals surface area contributed by atoms with E-state index in [0.717, 1.165) is 28.6 Å². The average molecular weight is 324 g/mol. The van der Waals surface area contributed by atoms with Crippen molar-refractivity contribution < 1.29 is 4.79 Å². The van der Waals surface area contributed by atoms with Gasteiger partial charge in [0.2, 0.25) is 5.91 Å². The number of benzene rings is 1. The van der Waals surface area contributed by atoms with Crippen molar-refractivity contribution in [2.45, 2.75) is 46.5 Å². The summed E-state index contributed by atoms with van der Waals surface area (Å²) in [5, 5.41) is 3.11. The Kier molecular flexibility index (Phi) is 4.34. The van der Waals surface area contributed by atoms with Crippen LogP contribution in [0.1, 0.15) is 45.1 Å². The lowest BCUT2D eigenvalue weighted by Gasteiger charge is -2.37. The van der Waals surface area contributed by atoms with Gasteiger partial charge in [-0.05, 0) is 42.9 Å². The molecule has 104 valence electrons. The third-order valence-electron chi connectivity index (χ3n) is 4.28. The molecule has 1 atom stereocenters. The normalized spacial score (nSPS) is 22.0. The van der Waals surface area contributed by atoms with E-state index >= 15 is 0 Å². The number of carbonyl (C=O) groups is 1. The Balaban J connectivity index is 2.14. The Morgan fingerprint density at radius 1 is 1.37 bits per heavy atom. The van der Waals surface area contributed by atoms with E-state index in [-0.39, 0.29) is 17.2 Å². The molecule has 0 heterocycles. The molecule has 1 aliphatic carbocycles. The van der Waals surface area contributed by atoms with Gasteiger partial charge in [-0.15, -0.1) is 0 Å². The van der Waals surface area contributed by atoms with Gasteiger partial charge in [-0.25, -0.2) is 0 Å². The number of halogens is 1. The predicted molar refractivity (Wildman–Crippen MR) is 83.2 cm³/mol. The van der Waals surface area contributed by atoms with Crippen LogP contribution in [0.25, 0.3) is 0 Å². The molecule has 1 N–H and O–H groups in total. The van der Waals surface area contributed by atoms with Crippen LogP contribution < -0.4 is 5.32 Å². The van der Waals surface area contributed by atoms with Crippen molar-refractivity contribution >= 4 is 27.5 Å². The molecule has 2 nitrogen and oxygen atoms in total. The number of hydrogen-bond donors (Lipinski definition) is 1. The third kappa shape index (κ3) is 3.38. The predicted octanol–water partition coefficient (Wildman–Crippen LogP) is 4.91. The molecule has 1 aliphatic rings. The summed E-state index contributed by atoms with van der Waals surface area (Å²) in [4.78, 5) is 12.5. The lowest BCUT2D eigenvalue weighted by atomic mass is 9.68. The molecular formula is C16H22BrNO. The van der Waals surface area contributed by atoms with Gasteiger partial charge >= 0.3 is 0 Å². The van der Waals surface area contributed by atoms with Crippen LogP contribution in [0.4, 0.5) is 5.69 Å². The molecule has 0 radical (unpaired) electrons. The zero-order valence-corrected chi connectivity index (χ0v) is 13.5. The van der Waals surface area contributed by atoms with E-state index < -0.39 is 0 Å². The molecule has 19 heavy (non-hydrogen) atoms. The molecule has 1 saturated carbocycles. The van der Waals surface area contributed by atoms with Gasteiger partial charge in [0.25, 0.3) is 0 Å². The molecule has 0 bridgehead atoms.